The Kier molecular flexibility index (Phi) is 7.54. The van der Waals surface area contributed by atoms with Crippen molar-refractivity contribution in [3.8, 4) is 5.75 Å². The number of amides is 2. The lowest BCUT2D eigenvalue weighted by Crippen LogP contribution is -2.51. The summed E-state index contributed by atoms with van der Waals surface area (Å²) in [7, 11) is 3.95. The molecule has 2 aromatic carbocycles. The average molecular weight is 502 g/mol. The molecule has 37 heavy (non-hydrogen) atoms. The minimum absolute atomic E-state index is 0.196. The predicted octanol–water partition coefficient (Wildman–Crippen LogP) is 4.98. The molecule has 3 heterocycles. The average Bonchev–Trinajstić information content (AvgIpc) is 3.25. The summed E-state index contributed by atoms with van der Waals surface area (Å²) in [5.74, 6) is 1.35. The Labute approximate surface area is 220 Å². The predicted molar refractivity (Wildman–Crippen MR) is 147 cm³/mol. The molecule has 6 nitrogen and oxygen atoms in total. The number of nitrogens with zero attached hydrogens (tertiary/aromatic N) is 3. The Bertz CT molecular complexity index is 1260. The van der Waals surface area contributed by atoms with Crippen molar-refractivity contribution in [1.82, 2.24) is 14.4 Å². The van der Waals surface area contributed by atoms with Crippen molar-refractivity contribution in [3.63, 3.8) is 0 Å². The van der Waals surface area contributed by atoms with Gasteiger partial charge in [-0.3, -0.25) is 9.59 Å². The molecule has 2 aliphatic rings. The van der Waals surface area contributed by atoms with Crippen molar-refractivity contribution >= 4 is 22.7 Å². The normalized spacial score (nSPS) is 18.7. The van der Waals surface area contributed by atoms with E-state index in [1.807, 2.05) is 35.0 Å². The molecule has 0 unspecified atom stereocenters. The maximum Gasteiger partial charge on any atom is 0.228 e. The minimum atomic E-state index is -0.375. The molecule has 1 fully saturated rings. The number of aromatic nitrogens is 1. The van der Waals surface area contributed by atoms with Gasteiger partial charge in [0, 0.05) is 50.7 Å². The number of likely N-dealkylation sites (tertiary alicyclic amines) is 1. The molecule has 0 atom stereocenters. The second-order valence-electron chi connectivity index (χ2n) is 10.8. The molecule has 1 spiro atoms. The third-order valence-corrected chi connectivity index (χ3v) is 8.47. The van der Waals surface area contributed by atoms with Gasteiger partial charge in [0.15, 0.2) is 0 Å². The number of likely N-dealkylation sites (N-methyl/N-ethyl adjacent to an activating group) is 1. The number of ether oxygens (including phenoxy) is 1. The molecular weight excluding hydrogens is 462 g/mol. The highest BCUT2D eigenvalue weighted by molar-refractivity contribution is 5.85. The molecule has 0 N–H and O–H groups in total. The number of hydrogen-bond acceptors (Lipinski definition) is 3. The summed E-state index contributed by atoms with van der Waals surface area (Å²) < 4.78 is 8.18. The third kappa shape index (κ3) is 5.39. The van der Waals surface area contributed by atoms with Crippen molar-refractivity contribution in [2.75, 3.05) is 33.3 Å². The van der Waals surface area contributed by atoms with Gasteiger partial charge in [0.25, 0.3) is 0 Å². The third-order valence-electron chi connectivity index (χ3n) is 8.47. The van der Waals surface area contributed by atoms with Gasteiger partial charge in [-0.2, -0.15) is 0 Å². The van der Waals surface area contributed by atoms with Gasteiger partial charge >= 0.3 is 0 Å². The van der Waals surface area contributed by atoms with Crippen LogP contribution in [0.25, 0.3) is 10.9 Å². The molecule has 6 heteroatoms. The zero-order valence-electron chi connectivity index (χ0n) is 22.2. The first-order valence-corrected chi connectivity index (χ1v) is 13.7. The van der Waals surface area contributed by atoms with E-state index in [0.29, 0.717) is 32.7 Å². The molecule has 0 saturated carbocycles. The fourth-order valence-corrected chi connectivity index (χ4v) is 6.21. The van der Waals surface area contributed by atoms with E-state index >= 15 is 0 Å². The van der Waals surface area contributed by atoms with Crippen LogP contribution in [0, 0.1) is 5.41 Å². The van der Waals surface area contributed by atoms with E-state index in [4.69, 9.17) is 4.74 Å². The van der Waals surface area contributed by atoms with Crippen LogP contribution in [0.15, 0.2) is 54.7 Å². The number of hydrogen-bond donors (Lipinski definition) is 0. The van der Waals surface area contributed by atoms with E-state index in [-0.39, 0.29) is 17.2 Å². The SMILES string of the molecule is CN1CCOc2ccccc2CCCCC2(CCN(C(=O)CCc3cn(C)c4ccccc34)CC2)C1=O. The number of carbonyl (C=O) groups excluding carboxylic acids is 2. The summed E-state index contributed by atoms with van der Waals surface area (Å²) in [6.07, 6.45) is 8.77. The summed E-state index contributed by atoms with van der Waals surface area (Å²) in [4.78, 5) is 30.7. The highest BCUT2D eigenvalue weighted by atomic mass is 16.5. The molecule has 1 aromatic heterocycles. The number of rotatable bonds is 3. The first kappa shape index (κ1) is 25.4. The quantitative estimate of drug-likeness (QED) is 0.509. The summed E-state index contributed by atoms with van der Waals surface area (Å²) in [5, 5.41) is 1.23. The van der Waals surface area contributed by atoms with E-state index in [0.717, 1.165) is 50.7 Å². The Morgan fingerprint density at radius 1 is 0.946 bits per heavy atom. The van der Waals surface area contributed by atoms with Gasteiger partial charge in [-0.1, -0.05) is 42.8 Å². The van der Waals surface area contributed by atoms with Crippen molar-refractivity contribution in [1.29, 1.82) is 0 Å². The van der Waals surface area contributed by atoms with Gasteiger partial charge in [-0.15, -0.1) is 0 Å². The first-order chi connectivity index (χ1) is 18.0. The fraction of sp³-hybridized carbons (Fsp3) is 0.484. The second-order valence-corrected chi connectivity index (χ2v) is 10.8. The van der Waals surface area contributed by atoms with E-state index in [1.165, 1.54) is 22.0 Å². The Morgan fingerprint density at radius 2 is 1.70 bits per heavy atom. The van der Waals surface area contributed by atoms with Crippen LogP contribution >= 0.6 is 0 Å². The lowest BCUT2D eigenvalue weighted by atomic mass is 9.73. The van der Waals surface area contributed by atoms with E-state index < -0.39 is 0 Å². The van der Waals surface area contributed by atoms with Crippen LogP contribution in [-0.2, 0) is 29.5 Å². The van der Waals surface area contributed by atoms with E-state index in [9.17, 15) is 9.59 Å². The lowest BCUT2D eigenvalue weighted by Gasteiger charge is -2.43. The van der Waals surface area contributed by atoms with Crippen LogP contribution in [0.2, 0.25) is 0 Å². The zero-order chi connectivity index (χ0) is 25.8. The van der Waals surface area contributed by atoms with Gasteiger partial charge in [0.05, 0.1) is 12.0 Å². The van der Waals surface area contributed by atoms with Crippen molar-refractivity contribution in [2.45, 2.75) is 51.4 Å². The van der Waals surface area contributed by atoms with Gasteiger partial charge in [-0.25, -0.2) is 0 Å². The molecule has 1 saturated heterocycles. The van der Waals surface area contributed by atoms with Crippen LogP contribution in [0.3, 0.4) is 0 Å². The highest BCUT2D eigenvalue weighted by Crippen LogP contribution is 2.39. The van der Waals surface area contributed by atoms with Crippen molar-refractivity contribution in [2.24, 2.45) is 12.5 Å². The largest absolute Gasteiger partial charge is 0.491 e. The topological polar surface area (TPSA) is 54.8 Å². The van der Waals surface area contributed by atoms with Crippen LogP contribution in [0.5, 0.6) is 5.75 Å². The standard InChI is InChI=1S/C31H39N3O3/c1-32-21-22-37-28-13-6-3-9-24(28)10-7-8-16-31(30(32)36)17-19-34(20-18-31)29(35)15-14-25-23-33(2)27-12-5-4-11-26(25)27/h3-6,9,11-13,23H,7-8,10,14-22H2,1-2H3. The van der Waals surface area contributed by atoms with E-state index in [2.05, 4.69) is 48.1 Å². The monoisotopic (exact) mass is 501 g/mol. The number of fused-ring (bicyclic) bond motifs is 2. The van der Waals surface area contributed by atoms with Crippen LogP contribution in [0.1, 0.15) is 49.7 Å². The minimum Gasteiger partial charge on any atom is -0.491 e. The molecule has 0 bridgehead atoms. The maximum atomic E-state index is 13.7. The molecule has 3 aromatic rings. The highest BCUT2D eigenvalue weighted by Gasteiger charge is 2.43. The fourth-order valence-electron chi connectivity index (χ4n) is 6.21. The van der Waals surface area contributed by atoms with Crippen molar-refractivity contribution in [3.05, 3.63) is 65.9 Å². The number of para-hydroxylation sites is 2. The number of benzene rings is 2. The first-order valence-electron chi connectivity index (χ1n) is 13.7. The van der Waals surface area contributed by atoms with Crippen molar-refractivity contribution < 1.29 is 14.3 Å². The summed E-state index contributed by atoms with van der Waals surface area (Å²) in [6, 6.07) is 16.6. The van der Waals surface area contributed by atoms with Gasteiger partial charge < -0.3 is 19.1 Å². The molecule has 0 aliphatic carbocycles. The zero-order valence-corrected chi connectivity index (χ0v) is 22.2. The molecule has 0 radical (unpaired) electrons. The number of aryl methyl sites for hydroxylation is 3. The van der Waals surface area contributed by atoms with Crippen LogP contribution in [-0.4, -0.2) is 59.5 Å². The van der Waals surface area contributed by atoms with E-state index in [1.54, 1.807) is 0 Å². The molecule has 2 aliphatic heterocycles. The summed E-state index contributed by atoms with van der Waals surface area (Å²) in [6.45, 7) is 2.39. The van der Waals surface area contributed by atoms with Gasteiger partial charge in [0.1, 0.15) is 12.4 Å². The number of piperidine rings is 1. The molecular formula is C31H39N3O3. The Balaban J connectivity index is 1.21. The molecule has 5 rings (SSSR count). The Morgan fingerprint density at radius 3 is 2.54 bits per heavy atom. The maximum absolute atomic E-state index is 13.7. The molecule has 2 amide bonds. The molecule has 196 valence electrons. The van der Waals surface area contributed by atoms with Gasteiger partial charge in [0.2, 0.25) is 11.8 Å². The second kappa shape index (κ2) is 11.0. The summed E-state index contributed by atoms with van der Waals surface area (Å²) in [5.41, 5.74) is 3.29. The number of carbonyl (C=O) groups is 2. The van der Waals surface area contributed by atoms with Crippen LogP contribution < -0.4 is 4.74 Å². The smallest absolute Gasteiger partial charge is 0.228 e. The summed E-state index contributed by atoms with van der Waals surface area (Å²) >= 11 is 0. The van der Waals surface area contributed by atoms with Gasteiger partial charge in [-0.05, 0) is 61.8 Å². The Hall–Kier alpha value is -3.28. The lowest BCUT2D eigenvalue weighted by molar-refractivity contribution is -0.148. The van der Waals surface area contributed by atoms with Crippen LogP contribution in [0.4, 0.5) is 0 Å².